The van der Waals surface area contributed by atoms with Gasteiger partial charge in [-0.3, -0.25) is 9.59 Å². The largest absolute Gasteiger partial charge is 0.461 e. The van der Waals surface area contributed by atoms with Crippen molar-refractivity contribution in [1.82, 2.24) is 0 Å². The van der Waals surface area contributed by atoms with Crippen molar-refractivity contribution in [2.45, 2.75) is 58.7 Å². The van der Waals surface area contributed by atoms with Crippen molar-refractivity contribution in [2.24, 2.45) is 5.92 Å². The number of ether oxygens (including phenoxy) is 2. The fourth-order valence-corrected chi connectivity index (χ4v) is 3.61. The van der Waals surface area contributed by atoms with Crippen LogP contribution in [-0.4, -0.2) is 23.6 Å². The number of carbonyl (C=O) groups is 2. The van der Waals surface area contributed by atoms with E-state index in [4.69, 9.17) is 32.7 Å². The van der Waals surface area contributed by atoms with Gasteiger partial charge in [-0.25, -0.2) is 8.78 Å². The van der Waals surface area contributed by atoms with Gasteiger partial charge >= 0.3 is 11.9 Å². The van der Waals surface area contributed by atoms with E-state index in [9.17, 15) is 18.4 Å². The van der Waals surface area contributed by atoms with Gasteiger partial charge < -0.3 is 9.47 Å². The molecular weight excluding hydrogens is 461 g/mol. The Morgan fingerprint density at radius 1 is 0.938 bits per heavy atom. The van der Waals surface area contributed by atoms with Gasteiger partial charge in [0.25, 0.3) is 0 Å². The number of carbonyl (C=O) groups excluding carboxylic acids is 2. The molecule has 8 heteroatoms. The van der Waals surface area contributed by atoms with Crippen LogP contribution in [0.2, 0.25) is 10.0 Å². The van der Waals surface area contributed by atoms with E-state index in [-0.39, 0.29) is 16.5 Å². The molecule has 2 aromatic carbocycles. The summed E-state index contributed by atoms with van der Waals surface area (Å²) in [4.78, 5) is 24.7. The molecule has 0 bridgehead atoms. The number of benzene rings is 2. The first kappa shape index (κ1) is 26.1. The Bertz CT molecular complexity index is 937. The molecule has 4 nitrogen and oxygen atoms in total. The SMILES string of the molecule is C[C@H](CC(=O)OC(C)(C)C)C(=O)O[C@@H](C)C(c1ccc(F)c(Cl)c1)c1ccc(F)c(Cl)c1. The number of esters is 2. The maximum absolute atomic E-state index is 13.7. The minimum Gasteiger partial charge on any atom is -0.461 e. The van der Waals surface area contributed by atoms with Gasteiger partial charge in [-0.2, -0.15) is 0 Å². The minimum absolute atomic E-state index is 0.0995. The number of hydrogen-bond donors (Lipinski definition) is 0. The van der Waals surface area contributed by atoms with Gasteiger partial charge in [-0.05, 0) is 63.1 Å². The molecule has 0 unspecified atom stereocenters. The predicted molar refractivity (Wildman–Crippen MR) is 120 cm³/mol. The molecule has 0 aromatic heterocycles. The molecule has 32 heavy (non-hydrogen) atoms. The summed E-state index contributed by atoms with van der Waals surface area (Å²) in [5, 5.41) is -0.199. The number of rotatable bonds is 7. The maximum Gasteiger partial charge on any atom is 0.309 e. The third-order valence-corrected chi connectivity index (χ3v) is 5.25. The van der Waals surface area contributed by atoms with Gasteiger partial charge in [0.15, 0.2) is 0 Å². The van der Waals surface area contributed by atoms with Crippen molar-refractivity contribution in [1.29, 1.82) is 0 Å². The highest BCUT2D eigenvalue weighted by atomic mass is 35.5. The van der Waals surface area contributed by atoms with Gasteiger partial charge in [0.1, 0.15) is 23.3 Å². The van der Waals surface area contributed by atoms with Crippen LogP contribution in [0.3, 0.4) is 0 Å². The monoisotopic (exact) mass is 486 g/mol. The summed E-state index contributed by atoms with van der Waals surface area (Å²) in [5.41, 5.74) is 0.446. The zero-order valence-corrected chi connectivity index (χ0v) is 20.1. The second-order valence-electron chi connectivity index (χ2n) is 8.66. The molecule has 2 rings (SSSR count). The highest BCUT2D eigenvalue weighted by Gasteiger charge is 2.29. The molecule has 174 valence electrons. The average molecular weight is 487 g/mol. The summed E-state index contributed by atoms with van der Waals surface area (Å²) >= 11 is 11.9. The van der Waals surface area contributed by atoms with Gasteiger partial charge in [0, 0.05) is 5.92 Å². The van der Waals surface area contributed by atoms with Gasteiger partial charge in [0.2, 0.25) is 0 Å². The molecule has 0 aliphatic rings. The summed E-state index contributed by atoms with van der Waals surface area (Å²) in [5.74, 6) is -3.66. The lowest BCUT2D eigenvalue weighted by molar-refractivity contribution is -0.163. The van der Waals surface area contributed by atoms with Crippen LogP contribution < -0.4 is 0 Å². The highest BCUT2D eigenvalue weighted by Crippen LogP contribution is 2.34. The normalized spacial score (nSPS) is 13.6. The van der Waals surface area contributed by atoms with Crippen molar-refractivity contribution in [3.63, 3.8) is 0 Å². The zero-order chi connectivity index (χ0) is 24.2. The minimum atomic E-state index is -0.758. The Kier molecular flexibility index (Phi) is 8.66. The molecule has 0 fully saturated rings. The van der Waals surface area contributed by atoms with E-state index in [0.29, 0.717) is 11.1 Å². The molecular formula is C24H26Cl2F2O4. The average Bonchev–Trinajstić information content (AvgIpc) is 2.66. The first-order valence-corrected chi connectivity index (χ1v) is 10.9. The Labute approximate surface area is 196 Å². The van der Waals surface area contributed by atoms with Crippen molar-refractivity contribution in [3.8, 4) is 0 Å². The van der Waals surface area contributed by atoms with E-state index < -0.39 is 47.1 Å². The third-order valence-electron chi connectivity index (χ3n) is 4.67. The zero-order valence-electron chi connectivity index (χ0n) is 18.5. The van der Waals surface area contributed by atoms with Crippen LogP contribution >= 0.6 is 23.2 Å². The van der Waals surface area contributed by atoms with Crippen LogP contribution in [0.4, 0.5) is 8.78 Å². The van der Waals surface area contributed by atoms with E-state index in [1.165, 1.54) is 36.4 Å². The lowest BCUT2D eigenvalue weighted by Gasteiger charge is -2.27. The van der Waals surface area contributed by atoms with E-state index in [0.717, 1.165) is 0 Å². The molecule has 2 aromatic rings. The molecule has 0 N–H and O–H groups in total. The molecule has 0 aliphatic carbocycles. The first-order chi connectivity index (χ1) is 14.8. The van der Waals surface area contributed by atoms with E-state index in [1.807, 2.05) is 0 Å². The lowest BCUT2D eigenvalue weighted by atomic mass is 9.87. The van der Waals surface area contributed by atoms with E-state index in [2.05, 4.69) is 0 Å². The lowest BCUT2D eigenvalue weighted by Crippen LogP contribution is -2.30. The Morgan fingerprint density at radius 3 is 1.81 bits per heavy atom. The topological polar surface area (TPSA) is 52.6 Å². The van der Waals surface area contributed by atoms with Crippen molar-refractivity contribution >= 4 is 35.1 Å². The second-order valence-corrected chi connectivity index (χ2v) is 9.47. The van der Waals surface area contributed by atoms with Gasteiger partial charge in [-0.15, -0.1) is 0 Å². The molecule has 0 saturated heterocycles. The number of hydrogen-bond acceptors (Lipinski definition) is 4. The third kappa shape index (κ3) is 7.17. The molecule has 0 aliphatic heterocycles. The molecule has 2 atom stereocenters. The fraction of sp³-hybridized carbons (Fsp3) is 0.417. The van der Waals surface area contributed by atoms with Crippen molar-refractivity contribution < 1.29 is 27.8 Å². The molecule has 0 heterocycles. The van der Waals surface area contributed by atoms with Gasteiger partial charge in [0.05, 0.1) is 22.4 Å². The van der Waals surface area contributed by atoms with Crippen LogP contribution in [0.15, 0.2) is 36.4 Å². The van der Waals surface area contributed by atoms with Crippen molar-refractivity contribution in [3.05, 3.63) is 69.2 Å². The summed E-state index contributed by atoms with van der Waals surface area (Å²) in [6.45, 7) is 8.43. The summed E-state index contributed by atoms with van der Waals surface area (Å²) in [6.07, 6.45) is -0.898. The van der Waals surface area contributed by atoms with E-state index >= 15 is 0 Å². The Hall–Kier alpha value is -2.18. The summed E-state index contributed by atoms with van der Waals surface area (Å²) in [6, 6.07) is 8.28. The van der Waals surface area contributed by atoms with Crippen LogP contribution in [0.25, 0.3) is 0 Å². The summed E-state index contributed by atoms with van der Waals surface area (Å²) in [7, 11) is 0. The Balaban J connectivity index is 2.27. The van der Waals surface area contributed by atoms with Crippen LogP contribution in [0.1, 0.15) is 58.1 Å². The molecule has 0 amide bonds. The van der Waals surface area contributed by atoms with Gasteiger partial charge in [-0.1, -0.05) is 42.3 Å². The van der Waals surface area contributed by atoms with Crippen LogP contribution in [-0.2, 0) is 19.1 Å². The number of halogens is 4. The maximum atomic E-state index is 13.7. The van der Waals surface area contributed by atoms with Crippen molar-refractivity contribution in [2.75, 3.05) is 0 Å². The quantitative estimate of drug-likeness (QED) is 0.408. The fourth-order valence-electron chi connectivity index (χ4n) is 3.23. The second kappa shape index (κ2) is 10.6. The predicted octanol–water partition coefficient (Wildman–Crippen LogP) is 6.70. The molecule has 0 saturated carbocycles. The van der Waals surface area contributed by atoms with Crippen LogP contribution in [0, 0.1) is 17.6 Å². The van der Waals surface area contributed by atoms with E-state index in [1.54, 1.807) is 34.6 Å². The Morgan fingerprint density at radius 2 is 1.41 bits per heavy atom. The smallest absolute Gasteiger partial charge is 0.309 e. The van der Waals surface area contributed by atoms with Crippen LogP contribution in [0.5, 0.6) is 0 Å². The standard InChI is InChI=1S/C24H26Cl2F2O4/c1-13(10-21(29)32-24(3,4)5)23(30)31-14(2)22(15-6-8-19(27)17(25)11-15)16-7-9-20(28)18(26)12-16/h6-9,11-14,22H,10H2,1-5H3/t13-,14+/m1/s1. The highest BCUT2D eigenvalue weighted by molar-refractivity contribution is 6.31. The first-order valence-electron chi connectivity index (χ1n) is 10.1. The molecule has 0 spiro atoms. The molecule has 0 radical (unpaired) electrons. The summed E-state index contributed by atoms with van der Waals surface area (Å²) < 4.78 is 38.3.